The van der Waals surface area contributed by atoms with Crippen LogP contribution in [-0.4, -0.2) is 53.6 Å². The number of hydrogen-bond donors (Lipinski definition) is 1. The van der Waals surface area contributed by atoms with E-state index >= 15 is 0 Å². The molecular weight excluding hydrogens is 388 g/mol. The zero-order valence-electron chi connectivity index (χ0n) is 18.2. The number of hydrogen-bond acceptors (Lipinski definition) is 5. The lowest BCUT2D eigenvalue weighted by molar-refractivity contribution is 0.191. The lowest BCUT2D eigenvalue weighted by Gasteiger charge is -2.35. The van der Waals surface area contributed by atoms with E-state index in [1.165, 1.54) is 32.1 Å². The first-order valence-corrected chi connectivity index (χ1v) is 11.7. The van der Waals surface area contributed by atoms with Crippen LogP contribution in [-0.2, 0) is 19.5 Å². The molecule has 1 aromatic carbocycles. The molecule has 2 fully saturated rings. The Kier molecular flexibility index (Phi) is 5.91. The molecule has 164 valence electrons. The van der Waals surface area contributed by atoms with Gasteiger partial charge in [-0.25, -0.2) is 9.78 Å². The van der Waals surface area contributed by atoms with Gasteiger partial charge in [0.1, 0.15) is 5.82 Å². The van der Waals surface area contributed by atoms with Gasteiger partial charge < -0.3 is 20.0 Å². The van der Waals surface area contributed by atoms with Crippen LogP contribution in [0.5, 0.6) is 0 Å². The third-order valence-electron chi connectivity index (χ3n) is 6.64. The number of piperidine rings is 1. The van der Waals surface area contributed by atoms with Crippen LogP contribution in [0.4, 0.5) is 16.6 Å². The number of fused-ring (bicyclic) bond motifs is 1. The SMILES string of the molecule is O=C(NCc1ccccc1)N1CCc2nc(N3CCCC3)nc(N3CCCCC3)c2C1. The monoisotopic (exact) mass is 420 g/mol. The molecule has 0 bridgehead atoms. The van der Waals surface area contributed by atoms with Gasteiger partial charge in [0, 0.05) is 51.3 Å². The predicted molar refractivity (Wildman–Crippen MR) is 122 cm³/mol. The lowest BCUT2D eigenvalue weighted by Crippen LogP contribution is -2.44. The Morgan fingerprint density at radius 1 is 0.871 bits per heavy atom. The highest BCUT2D eigenvalue weighted by Gasteiger charge is 2.29. The molecule has 2 saturated heterocycles. The molecule has 2 aromatic rings. The highest BCUT2D eigenvalue weighted by atomic mass is 16.2. The third kappa shape index (κ3) is 4.45. The van der Waals surface area contributed by atoms with Crippen molar-refractivity contribution in [1.29, 1.82) is 0 Å². The van der Waals surface area contributed by atoms with E-state index in [0.717, 1.165) is 61.2 Å². The maximum Gasteiger partial charge on any atom is 0.317 e. The van der Waals surface area contributed by atoms with Crippen molar-refractivity contribution in [2.75, 3.05) is 42.5 Å². The summed E-state index contributed by atoms with van der Waals surface area (Å²) in [5.41, 5.74) is 3.39. The van der Waals surface area contributed by atoms with Crippen LogP contribution in [0.25, 0.3) is 0 Å². The predicted octanol–water partition coefficient (Wildman–Crippen LogP) is 3.34. The first kappa shape index (κ1) is 20.1. The number of nitrogens with one attached hydrogen (secondary N) is 1. The smallest absolute Gasteiger partial charge is 0.317 e. The first-order chi connectivity index (χ1) is 15.3. The summed E-state index contributed by atoms with van der Waals surface area (Å²) in [4.78, 5) is 29.6. The molecule has 1 aromatic heterocycles. The third-order valence-corrected chi connectivity index (χ3v) is 6.64. The van der Waals surface area contributed by atoms with Crippen LogP contribution < -0.4 is 15.1 Å². The summed E-state index contributed by atoms with van der Waals surface area (Å²) >= 11 is 0. The van der Waals surface area contributed by atoms with Crippen LogP contribution >= 0.6 is 0 Å². The molecule has 3 aliphatic rings. The Bertz CT molecular complexity index is 906. The molecule has 0 saturated carbocycles. The largest absolute Gasteiger partial charge is 0.356 e. The van der Waals surface area contributed by atoms with Gasteiger partial charge >= 0.3 is 6.03 Å². The van der Waals surface area contributed by atoms with Gasteiger partial charge in [-0.05, 0) is 37.7 Å². The summed E-state index contributed by atoms with van der Waals surface area (Å²) in [5, 5.41) is 3.08. The van der Waals surface area contributed by atoms with Gasteiger partial charge in [0.15, 0.2) is 0 Å². The lowest BCUT2D eigenvalue weighted by atomic mass is 10.0. The zero-order valence-corrected chi connectivity index (χ0v) is 18.2. The molecule has 7 nitrogen and oxygen atoms in total. The van der Waals surface area contributed by atoms with Crippen molar-refractivity contribution in [1.82, 2.24) is 20.2 Å². The van der Waals surface area contributed by atoms with Crippen LogP contribution in [0.15, 0.2) is 30.3 Å². The highest BCUT2D eigenvalue weighted by Crippen LogP contribution is 2.31. The molecular formula is C24H32N6O. The molecule has 0 spiro atoms. The van der Waals surface area contributed by atoms with E-state index in [0.29, 0.717) is 19.6 Å². The van der Waals surface area contributed by atoms with Gasteiger partial charge in [-0.3, -0.25) is 0 Å². The van der Waals surface area contributed by atoms with E-state index in [4.69, 9.17) is 9.97 Å². The second kappa shape index (κ2) is 9.12. The number of amides is 2. The number of carbonyl (C=O) groups is 1. The number of nitrogens with zero attached hydrogens (tertiary/aromatic N) is 5. The van der Waals surface area contributed by atoms with Gasteiger partial charge in [0.25, 0.3) is 0 Å². The summed E-state index contributed by atoms with van der Waals surface area (Å²) in [6.45, 7) is 6.02. The topological polar surface area (TPSA) is 64.6 Å². The zero-order chi connectivity index (χ0) is 21.0. The summed E-state index contributed by atoms with van der Waals surface area (Å²) < 4.78 is 0. The summed E-state index contributed by atoms with van der Waals surface area (Å²) in [6.07, 6.45) is 6.93. The molecule has 3 aliphatic heterocycles. The van der Waals surface area contributed by atoms with Crippen molar-refractivity contribution in [3.8, 4) is 0 Å². The maximum atomic E-state index is 12.9. The highest BCUT2D eigenvalue weighted by molar-refractivity contribution is 5.75. The standard InChI is InChI=1S/C24H32N6O/c31-24(25-17-19-9-3-1-4-10-19)30-16-11-21-20(18-30)22(28-12-5-2-6-13-28)27-23(26-21)29-14-7-8-15-29/h1,3-4,9-10H,2,5-8,11-18H2,(H,25,31). The maximum absolute atomic E-state index is 12.9. The summed E-state index contributed by atoms with van der Waals surface area (Å²) in [6, 6.07) is 10.0. The Labute approximate surface area is 184 Å². The van der Waals surface area contributed by atoms with E-state index in [1.54, 1.807) is 0 Å². The van der Waals surface area contributed by atoms with Gasteiger partial charge in [-0.2, -0.15) is 4.98 Å². The van der Waals surface area contributed by atoms with Crippen LogP contribution in [0, 0.1) is 0 Å². The van der Waals surface area contributed by atoms with E-state index in [9.17, 15) is 4.79 Å². The van der Waals surface area contributed by atoms with Crippen molar-refractivity contribution >= 4 is 17.8 Å². The fourth-order valence-electron chi connectivity index (χ4n) is 4.87. The Balaban J connectivity index is 1.36. The average molecular weight is 421 g/mol. The molecule has 0 unspecified atom stereocenters. The number of urea groups is 1. The van der Waals surface area contributed by atoms with Crippen LogP contribution in [0.2, 0.25) is 0 Å². The van der Waals surface area contributed by atoms with Gasteiger partial charge in [0.05, 0.1) is 12.2 Å². The van der Waals surface area contributed by atoms with Crippen molar-refractivity contribution < 1.29 is 4.79 Å². The molecule has 31 heavy (non-hydrogen) atoms. The Morgan fingerprint density at radius 3 is 2.35 bits per heavy atom. The van der Waals surface area contributed by atoms with Crippen LogP contribution in [0.3, 0.4) is 0 Å². The number of rotatable bonds is 4. The van der Waals surface area contributed by atoms with Crippen molar-refractivity contribution in [2.24, 2.45) is 0 Å². The average Bonchev–Trinajstić information content (AvgIpc) is 3.38. The van der Waals surface area contributed by atoms with E-state index in [1.807, 2.05) is 35.2 Å². The first-order valence-electron chi connectivity index (χ1n) is 11.7. The van der Waals surface area contributed by atoms with Gasteiger partial charge in [0.2, 0.25) is 5.95 Å². The second-order valence-corrected chi connectivity index (χ2v) is 8.83. The van der Waals surface area contributed by atoms with Gasteiger partial charge in [-0.15, -0.1) is 0 Å². The fourth-order valence-corrected chi connectivity index (χ4v) is 4.87. The molecule has 0 aliphatic carbocycles. The second-order valence-electron chi connectivity index (χ2n) is 8.83. The minimum Gasteiger partial charge on any atom is -0.356 e. The van der Waals surface area contributed by atoms with Crippen molar-refractivity contribution in [3.05, 3.63) is 47.2 Å². The quantitative estimate of drug-likeness (QED) is 0.822. The molecule has 5 rings (SSSR count). The number of benzene rings is 1. The van der Waals surface area contributed by atoms with Crippen molar-refractivity contribution in [2.45, 2.75) is 51.6 Å². The number of carbonyl (C=O) groups excluding carboxylic acids is 1. The van der Waals surface area contributed by atoms with E-state index < -0.39 is 0 Å². The van der Waals surface area contributed by atoms with E-state index in [2.05, 4.69) is 15.1 Å². The number of aromatic nitrogens is 2. The Hall–Kier alpha value is -2.83. The Morgan fingerprint density at radius 2 is 1.58 bits per heavy atom. The molecule has 4 heterocycles. The van der Waals surface area contributed by atoms with E-state index in [-0.39, 0.29) is 6.03 Å². The molecule has 0 radical (unpaired) electrons. The van der Waals surface area contributed by atoms with Gasteiger partial charge in [-0.1, -0.05) is 30.3 Å². The van der Waals surface area contributed by atoms with Crippen LogP contribution in [0.1, 0.15) is 48.9 Å². The molecule has 0 atom stereocenters. The molecule has 2 amide bonds. The fraction of sp³-hybridized carbons (Fsp3) is 0.542. The minimum absolute atomic E-state index is 0.0114. The summed E-state index contributed by atoms with van der Waals surface area (Å²) in [7, 11) is 0. The summed E-state index contributed by atoms with van der Waals surface area (Å²) in [5.74, 6) is 1.95. The molecule has 1 N–H and O–H groups in total. The van der Waals surface area contributed by atoms with Crippen molar-refractivity contribution in [3.63, 3.8) is 0 Å². The number of anilines is 2. The normalized spacial score (nSPS) is 18.8. The molecule has 7 heteroatoms. The minimum atomic E-state index is -0.0114.